The van der Waals surface area contributed by atoms with Crippen molar-refractivity contribution in [1.82, 2.24) is 24.7 Å². The molecule has 0 bridgehead atoms. The summed E-state index contributed by atoms with van der Waals surface area (Å²) in [6.45, 7) is 19.7. The maximum Gasteiger partial charge on any atom is 0.309 e. The lowest BCUT2D eigenvalue weighted by atomic mass is 9.33. The lowest BCUT2D eigenvalue weighted by Gasteiger charge is -2.72. The molecule has 5 aliphatic carbocycles. The van der Waals surface area contributed by atoms with Gasteiger partial charge in [0.15, 0.2) is 11.6 Å². The van der Waals surface area contributed by atoms with Crippen molar-refractivity contribution in [3.63, 3.8) is 0 Å². The lowest BCUT2D eigenvalue weighted by molar-refractivity contribution is -0.233. The van der Waals surface area contributed by atoms with E-state index in [-0.39, 0.29) is 51.3 Å². The van der Waals surface area contributed by atoms with Gasteiger partial charge in [0, 0.05) is 43.1 Å². The number of Topliss-reactive ketones (excluding diaryl/α,β-unsaturated/α-hetero) is 1. The van der Waals surface area contributed by atoms with Crippen LogP contribution in [0.4, 0.5) is 0 Å². The zero-order chi connectivity index (χ0) is 40.1. The van der Waals surface area contributed by atoms with Gasteiger partial charge in [0.25, 0.3) is 0 Å². The molecule has 296 valence electrons. The highest BCUT2D eigenvalue weighted by Crippen LogP contribution is 2.77. The third kappa shape index (κ3) is 5.81. The van der Waals surface area contributed by atoms with Crippen molar-refractivity contribution < 1.29 is 24.2 Å². The highest BCUT2D eigenvalue weighted by molar-refractivity contribution is 6.00. The number of aromatic nitrogens is 5. The van der Waals surface area contributed by atoms with Gasteiger partial charge in [-0.2, -0.15) is 5.26 Å². The fraction of sp³-hybridized carbons (Fsp3) is 0.727. The number of nitrogens with zero attached hydrogens (tertiary/aromatic N) is 6. The molecule has 2 heterocycles. The van der Waals surface area contributed by atoms with Gasteiger partial charge in [0.1, 0.15) is 18.0 Å². The molecular weight excluding hydrogens is 693 g/mol. The van der Waals surface area contributed by atoms with E-state index in [1.165, 1.54) is 18.0 Å². The first-order valence-corrected chi connectivity index (χ1v) is 20.5. The van der Waals surface area contributed by atoms with Crippen molar-refractivity contribution in [2.24, 2.45) is 63.2 Å². The van der Waals surface area contributed by atoms with Crippen LogP contribution in [0, 0.1) is 67.5 Å². The standard InChI is InChI=1S/C44H60N6O5/c1-25(2)34-28(51)19-44(20-32-48-49-37(50(32)10)36-46-23-26(22-45)24-47-36)18-17-42(8)27(35(34)44)11-12-30-41(7)15-14-31(55-33(52)21-39(3,4)38(53)54)40(5,6)29(41)13-16-43(30,42)9/h23-25,27,29-31H,11-21H2,1-10H3,(H,53,54)/t27-,29+,30-,31+,41+,42-,43-,44+/m1/s1. The summed E-state index contributed by atoms with van der Waals surface area (Å²) in [6.07, 6.45) is 11.8. The molecule has 1 N–H and O–H groups in total. The number of rotatable bonds is 8. The topological polar surface area (TPSA) is 161 Å². The molecule has 0 unspecified atom stereocenters. The SMILES string of the molecule is CC(C)C1=C2[C@H]3CC[C@@H]4[C@@]5(C)CC[C@H](OC(=O)CC(C)(C)C(=O)O)C(C)(C)[C@@H]5CC[C@@]4(C)[C@]3(C)CC[C@@]2(Cc2nnc(-c3ncc(C#N)cn3)n2C)CC1=O. The van der Waals surface area contributed by atoms with Crippen LogP contribution >= 0.6 is 0 Å². The quantitative estimate of drug-likeness (QED) is 0.261. The van der Waals surface area contributed by atoms with Crippen molar-refractivity contribution in [3.05, 3.63) is 34.9 Å². The summed E-state index contributed by atoms with van der Waals surface area (Å²) in [6, 6.07) is 2.07. The van der Waals surface area contributed by atoms with Crippen molar-refractivity contribution in [2.75, 3.05) is 0 Å². The van der Waals surface area contributed by atoms with Gasteiger partial charge in [0.05, 0.1) is 17.4 Å². The van der Waals surface area contributed by atoms with E-state index in [1.54, 1.807) is 13.8 Å². The summed E-state index contributed by atoms with van der Waals surface area (Å²) < 4.78 is 8.14. The summed E-state index contributed by atoms with van der Waals surface area (Å²) in [5.41, 5.74) is 1.22. The molecular formula is C44H60N6O5. The van der Waals surface area contributed by atoms with Crippen molar-refractivity contribution in [1.29, 1.82) is 5.26 Å². The number of hydrogen-bond acceptors (Lipinski definition) is 9. The molecule has 7 rings (SSSR count). The van der Waals surface area contributed by atoms with Crippen LogP contribution in [0.2, 0.25) is 0 Å². The fourth-order valence-corrected chi connectivity index (χ4v) is 13.3. The third-order valence-corrected chi connectivity index (χ3v) is 16.4. The number of nitriles is 1. The predicted octanol–water partition coefficient (Wildman–Crippen LogP) is 8.08. The van der Waals surface area contributed by atoms with Gasteiger partial charge in [-0.05, 0) is 111 Å². The van der Waals surface area contributed by atoms with E-state index in [9.17, 15) is 24.8 Å². The van der Waals surface area contributed by atoms with E-state index >= 15 is 0 Å². The highest BCUT2D eigenvalue weighted by Gasteiger charge is 2.70. The Labute approximate surface area is 326 Å². The Morgan fingerprint density at radius 3 is 2.31 bits per heavy atom. The molecule has 4 saturated carbocycles. The number of carbonyl (C=O) groups is 3. The molecule has 2 aromatic rings. The molecule has 4 fully saturated rings. The van der Waals surface area contributed by atoms with E-state index in [0.717, 1.165) is 62.8 Å². The molecule has 0 aromatic carbocycles. The first kappa shape index (κ1) is 39.3. The normalized spacial score (nSPS) is 35.3. The summed E-state index contributed by atoms with van der Waals surface area (Å²) in [4.78, 5) is 47.9. The highest BCUT2D eigenvalue weighted by atomic mass is 16.5. The molecule has 11 heteroatoms. The minimum Gasteiger partial charge on any atom is -0.481 e. The first-order chi connectivity index (χ1) is 25.6. The number of aliphatic carboxylic acids is 1. The van der Waals surface area contributed by atoms with E-state index in [2.05, 4.69) is 74.7 Å². The molecule has 5 aliphatic rings. The molecule has 8 atom stereocenters. The molecule has 0 spiro atoms. The molecule has 0 amide bonds. The van der Waals surface area contributed by atoms with Gasteiger partial charge >= 0.3 is 11.9 Å². The van der Waals surface area contributed by atoms with Crippen LogP contribution in [0.5, 0.6) is 0 Å². The third-order valence-electron chi connectivity index (χ3n) is 16.4. The number of ketones is 1. The number of carboxylic acid groups (broad SMARTS) is 1. The number of carboxylic acids is 1. The van der Waals surface area contributed by atoms with E-state index in [4.69, 9.17) is 4.74 Å². The number of ether oxygens (including phenoxy) is 1. The average molecular weight is 753 g/mol. The molecule has 2 aromatic heterocycles. The van der Waals surface area contributed by atoms with Crippen LogP contribution in [-0.2, 0) is 32.6 Å². The minimum absolute atomic E-state index is 0.00470. The van der Waals surface area contributed by atoms with Crippen LogP contribution in [-0.4, -0.2) is 53.7 Å². The fourth-order valence-electron chi connectivity index (χ4n) is 13.3. The lowest BCUT2D eigenvalue weighted by Crippen LogP contribution is -2.65. The second kappa shape index (κ2) is 13.1. The van der Waals surface area contributed by atoms with Crippen molar-refractivity contribution in [2.45, 2.75) is 139 Å². The van der Waals surface area contributed by atoms with Gasteiger partial charge in [0.2, 0.25) is 5.82 Å². The second-order valence-electron chi connectivity index (χ2n) is 20.3. The van der Waals surface area contributed by atoms with Crippen LogP contribution in [0.15, 0.2) is 23.5 Å². The molecule has 55 heavy (non-hydrogen) atoms. The van der Waals surface area contributed by atoms with Gasteiger partial charge in [-0.15, -0.1) is 10.2 Å². The van der Waals surface area contributed by atoms with Crippen LogP contribution in [0.1, 0.15) is 138 Å². The van der Waals surface area contributed by atoms with Crippen LogP contribution < -0.4 is 0 Å². The van der Waals surface area contributed by atoms with E-state index < -0.39 is 17.4 Å². The Hall–Kier alpha value is -3.94. The molecule has 0 saturated heterocycles. The van der Waals surface area contributed by atoms with Crippen LogP contribution in [0.25, 0.3) is 11.6 Å². The minimum atomic E-state index is -1.17. The van der Waals surface area contributed by atoms with Crippen molar-refractivity contribution in [3.8, 4) is 17.7 Å². The van der Waals surface area contributed by atoms with Gasteiger partial charge in [-0.3, -0.25) is 14.4 Å². The number of hydrogen-bond donors (Lipinski definition) is 1. The summed E-state index contributed by atoms with van der Waals surface area (Å²) in [5, 5.41) is 28.0. The maximum absolute atomic E-state index is 14.2. The number of fused-ring (bicyclic) bond motifs is 7. The Morgan fingerprint density at radius 1 is 0.982 bits per heavy atom. The zero-order valence-electron chi connectivity index (χ0n) is 34.6. The number of allylic oxidation sites excluding steroid dienone is 2. The number of esters is 1. The summed E-state index contributed by atoms with van der Waals surface area (Å²) in [7, 11) is 1.94. The van der Waals surface area contributed by atoms with Crippen molar-refractivity contribution >= 4 is 17.7 Å². The first-order valence-electron chi connectivity index (χ1n) is 20.5. The van der Waals surface area contributed by atoms with E-state index in [0.29, 0.717) is 47.8 Å². The number of carbonyl (C=O) groups excluding carboxylic acids is 2. The molecule has 0 radical (unpaired) electrons. The Balaban J connectivity index is 1.18. The smallest absolute Gasteiger partial charge is 0.309 e. The Kier molecular flexibility index (Phi) is 9.33. The van der Waals surface area contributed by atoms with Gasteiger partial charge in [-0.25, -0.2) is 9.97 Å². The van der Waals surface area contributed by atoms with Crippen LogP contribution in [0.3, 0.4) is 0 Å². The Morgan fingerprint density at radius 2 is 1.67 bits per heavy atom. The largest absolute Gasteiger partial charge is 0.481 e. The average Bonchev–Trinajstić information content (AvgIpc) is 3.61. The monoisotopic (exact) mass is 752 g/mol. The maximum atomic E-state index is 14.2. The molecule has 0 aliphatic heterocycles. The van der Waals surface area contributed by atoms with Gasteiger partial charge < -0.3 is 14.4 Å². The van der Waals surface area contributed by atoms with Gasteiger partial charge in [-0.1, -0.05) is 54.0 Å². The summed E-state index contributed by atoms with van der Waals surface area (Å²) in [5.74, 6) is 1.94. The second-order valence-corrected chi connectivity index (χ2v) is 20.3. The summed E-state index contributed by atoms with van der Waals surface area (Å²) >= 11 is 0. The Bertz CT molecular complexity index is 1990. The zero-order valence-corrected chi connectivity index (χ0v) is 34.6. The van der Waals surface area contributed by atoms with E-state index in [1.807, 2.05) is 11.6 Å². The molecule has 11 nitrogen and oxygen atoms in total. The predicted molar refractivity (Wildman–Crippen MR) is 206 cm³/mol.